The molecule has 6 nitrogen and oxygen atoms in total. The Bertz CT molecular complexity index is 736. The maximum atomic E-state index is 6.09. The minimum Gasteiger partial charge on any atom is -0.377 e. The minimum absolute atomic E-state index is 0.0578. The van der Waals surface area contributed by atoms with Crippen molar-refractivity contribution in [2.45, 2.75) is 51.4 Å². The van der Waals surface area contributed by atoms with Gasteiger partial charge in [0.15, 0.2) is 5.65 Å². The first-order valence-electron chi connectivity index (χ1n) is 8.81. The number of ether oxygens (including phenoxy) is 2. The number of aryl methyl sites for hydroxylation is 2. The molecule has 130 valence electrons. The highest BCUT2D eigenvalue weighted by molar-refractivity contribution is 5.47. The fourth-order valence-electron chi connectivity index (χ4n) is 4.27. The molecular formula is C18H26N4O2. The fraction of sp³-hybridized carbons (Fsp3) is 0.667. The molecule has 0 amide bonds. The van der Waals surface area contributed by atoms with Crippen LogP contribution in [0.25, 0.3) is 5.65 Å². The lowest BCUT2D eigenvalue weighted by atomic mass is 9.85. The normalized spacial score (nSPS) is 28.2. The van der Waals surface area contributed by atoms with Crippen LogP contribution in [0.4, 0.5) is 0 Å². The second-order valence-corrected chi connectivity index (χ2v) is 7.17. The van der Waals surface area contributed by atoms with Crippen LogP contribution in [-0.2, 0) is 16.0 Å². The van der Waals surface area contributed by atoms with Crippen LogP contribution in [0.5, 0.6) is 0 Å². The van der Waals surface area contributed by atoms with Crippen molar-refractivity contribution in [3.63, 3.8) is 0 Å². The van der Waals surface area contributed by atoms with Crippen molar-refractivity contribution in [1.29, 1.82) is 0 Å². The molecule has 2 aromatic heterocycles. The van der Waals surface area contributed by atoms with Gasteiger partial charge in [-0.2, -0.15) is 5.10 Å². The van der Waals surface area contributed by atoms with Crippen molar-refractivity contribution in [2.75, 3.05) is 26.8 Å². The molecule has 0 aromatic carbocycles. The summed E-state index contributed by atoms with van der Waals surface area (Å²) in [6.45, 7) is 7.76. The van der Waals surface area contributed by atoms with Gasteiger partial charge in [-0.05, 0) is 39.2 Å². The molecule has 2 aliphatic rings. The largest absolute Gasteiger partial charge is 0.377 e. The van der Waals surface area contributed by atoms with E-state index in [1.807, 2.05) is 17.6 Å². The molecule has 2 fully saturated rings. The molecule has 2 saturated heterocycles. The average molecular weight is 330 g/mol. The molecule has 2 atom stereocenters. The number of nitrogens with zero attached hydrogens (tertiary/aromatic N) is 4. The van der Waals surface area contributed by atoms with Crippen molar-refractivity contribution in [3.05, 3.63) is 29.2 Å². The zero-order valence-corrected chi connectivity index (χ0v) is 14.8. The molecule has 0 bridgehead atoms. The highest BCUT2D eigenvalue weighted by atomic mass is 16.5. The number of rotatable bonds is 3. The molecule has 0 unspecified atom stereocenters. The van der Waals surface area contributed by atoms with Crippen LogP contribution in [0.15, 0.2) is 12.3 Å². The molecule has 2 aromatic rings. The lowest BCUT2D eigenvalue weighted by molar-refractivity contribution is -0.143. The Labute approximate surface area is 142 Å². The van der Waals surface area contributed by atoms with Gasteiger partial charge in [-0.15, -0.1) is 0 Å². The Morgan fingerprint density at radius 3 is 3.00 bits per heavy atom. The van der Waals surface area contributed by atoms with E-state index in [2.05, 4.69) is 28.0 Å². The first kappa shape index (κ1) is 16.0. The predicted molar refractivity (Wildman–Crippen MR) is 91.1 cm³/mol. The summed E-state index contributed by atoms with van der Waals surface area (Å²) in [5, 5.41) is 4.51. The minimum atomic E-state index is -0.0578. The van der Waals surface area contributed by atoms with Gasteiger partial charge in [-0.25, -0.2) is 9.50 Å². The van der Waals surface area contributed by atoms with E-state index in [1.54, 1.807) is 7.11 Å². The van der Waals surface area contributed by atoms with E-state index in [4.69, 9.17) is 9.47 Å². The van der Waals surface area contributed by atoms with Gasteiger partial charge >= 0.3 is 0 Å². The monoisotopic (exact) mass is 330 g/mol. The summed E-state index contributed by atoms with van der Waals surface area (Å²) in [7, 11) is 1.81. The van der Waals surface area contributed by atoms with E-state index in [9.17, 15) is 0 Å². The van der Waals surface area contributed by atoms with Gasteiger partial charge in [-0.1, -0.05) is 0 Å². The molecule has 4 rings (SSSR count). The second kappa shape index (κ2) is 6.10. The summed E-state index contributed by atoms with van der Waals surface area (Å²) in [5.41, 5.74) is 4.25. The third-order valence-corrected chi connectivity index (χ3v) is 5.53. The third-order valence-electron chi connectivity index (χ3n) is 5.53. The van der Waals surface area contributed by atoms with Crippen LogP contribution < -0.4 is 0 Å². The number of fused-ring (bicyclic) bond motifs is 1. The molecule has 24 heavy (non-hydrogen) atoms. The zero-order chi connectivity index (χ0) is 16.7. The Kier molecular flexibility index (Phi) is 4.06. The van der Waals surface area contributed by atoms with E-state index in [1.165, 1.54) is 5.56 Å². The molecule has 0 aliphatic carbocycles. The van der Waals surface area contributed by atoms with Gasteiger partial charge in [0, 0.05) is 50.3 Å². The smallest absolute Gasteiger partial charge is 0.159 e. The Balaban J connectivity index is 1.54. The molecule has 6 heteroatoms. The Morgan fingerprint density at radius 2 is 2.25 bits per heavy atom. The lowest BCUT2D eigenvalue weighted by Crippen LogP contribution is -2.55. The van der Waals surface area contributed by atoms with Crippen LogP contribution in [0, 0.1) is 13.8 Å². The van der Waals surface area contributed by atoms with Gasteiger partial charge in [0.25, 0.3) is 0 Å². The van der Waals surface area contributed by atoms with Crippen molar-refractivity contribution in [1.82, 2.24) is 19.5 Å². The number of methoxy groups -OCH3 is 1. The molecule has 4 heterocycles. The topological polar surface area (TPSA) is 51.9 Å². The maximum absolute atomic E-state index is 6.09. The van der Waals surface area contributed by atoms with E-state index in [-0.39, 0.29) is 11.7 Å². The molecule has 0 N–H and O–H groups in total. The fourth-order valence-corrected chi connectivity index (χ4v) is 4.27. The highest BCUT2D eigenvalue weighted by Gasteiger charge is 2.46. The van der Waals surface area contributed by atoms with Crippen molar-refractivity contribution >= 4 is 5.65 Å². The number of hydrogen-bond acceptors (Lipinski definition) is 5. The zero-order valence-electron chi connectivity index (χ0n) is 14.8. The SMILES string of the molecule is CO[C@H]1CN(Cc2cnn3c(C)cc(C)nc23)CC[C@@]12CCCO2. The Morgan fingerprint density at radius 1 is 1.38 bits per heavy atom. The summed E-state index contributed by atoms with van der Waals surface area (Å²) >= 11 is 0. The van der Waals surface area contributed by atoms with Crippen molar-refractivity contribution in [2.24, 2.45) is 0 Å². The van der Waals surface area contributed by atoms with Crippen LogP contribution in [-0.4, -0.2) is 58.0 Å². The predicted octanol–water partition coefficient (Wildman–Crippen LogP) is 2.12. The maximum Gasteiger partial charge on any atom is 0.159 e. The van der Waals surface area contributed by atoms with E-state index in [0.717, 1.165) is 62.5 Å². The number of likely N-dealkylation sites (tertiary alicyclic amines) is 1. The number of piperidine rings is 1. The summed E-state index contributed by atoms with van der Waals surface area (Å²) in [6.07, 6.45) is 5.40. The lowest BCUT2D eigenvalue weighted by Gasteiger charge is -2.44. The molecule has 0 radical (unpaired) electrons. The van der Waals surface area contributed by atoms with Gasteiger partial charge < -0.3 is 9.47 Å². The number of aromatic nitrogens is 3. The first-order valence-corrected chi connectivity index (χ1v) is 8.81. The number of hydrogen-bond donors (Lipinski definition) is 0. The molecule has 1 spiro atoms. The van der Waals surface area contributed by atoms with E-state index >= 15 is 0 Å². The van der Waals surface area contributed by atoms with Crippen LogP contribution in [0.2, 0.25) is 0 Å². The summed E-state index contributed by atoms with van der Waals surface area (Å²) in [5.74, 6) is 0. The van der Waals surface area contributed by atoms with Crippen LogP contribution >= 0.6 is 0 Å². The van der Waals surface area contributed by atoms with Gasteiger partial charge in [0.2, 0.25) is 0 Å². The average Bonchev–Trinajstić information content (AvgIpc) is 3.18. The quantitative estimate of drug-likeness (QED) is 0.863. The summed E-state index contributed by atoms with van der Waals surface area (Å²) in [4.78, 5) is 7.13. The van der Waals surface area contributed by atoms with Crippen molar-refractivity contribution in [3.8, 4) is 0 Å². The standard InChI is InChI=1S/C18H26N4O2/c1-13-9-14(2)22-17(20-13)15(10-19-22)11-21-7-6-18(5-4-8-24-18)16(12-21)23-3/h9-10,16H,4-8,11-12H2,1-3H3/t16-,18-/m0/s1. The summed E-state index contributed by atoms with van der Waals surface area (Å²) < 4.78 is 13.8. The van der Waals surface area contributed by atoms with Gasteiger partial charge in [-0.3, -0.25) is 4.90 Å². The van der Waals surface area contributed by atoms with Crippen LogP contribution in [0.3, 0.4) is 0 Å². The van der Waals surface area contributed by atoms with Crippen molar-refractivity contribution < 1.29 is 9.47 Å². The Hall–Kier alpha value is -1.50. The van der Waals surface area contributed by atoms with Gasteiger partial charge in [0.1, 0.15) is 0 Å². The van der Waals surface area contributed by atoms with E-state index in [0.29, 0.717) is 0 Å². The first-order chi connectivity index (χ1) is 11.6. The molecule has 0 saturated carbocycles. The summed E-state index contributed by atoms with van der Waals surface area (Å²) in [6, 6.07) is 2.06. The van der Waals surface area contributed by atoms with E-state index < -0.39 is 0 Å². The van der Waals surface area contributed by atoms with Gasteiger partial charge in [0.05, 0.1) is 17.9 Å². The second-order valence-electron chi connectivity index (χ2n) is 7.17. The third kappa shape index (κ3) is 2.62. The molecular weight excluding hydrogens is 304 g/mol. The molecule has 2 aliphatic heterocycles. The highest BCUT2D eigenvalue weighted by Crippen LogP contribution is 2.37. The van der Waals surface area contributed by atoms with Crippen LogP contribution in [0.1, 0.15) is 36.2 Å².